The third-order valence-corrected chi connectivity index (χ3v) is 16.5. The fourth-order valence-electron chi connectivity index (χ4n) is 9.04. The average Bonchev–Trinajstić information content (AvgIpc) is 0.697. The molecule has 0 spiro atoms. The van der Waals surface area contributed by atoms with Crippen molar-refractivity contribution in [3.05, 3.63) is 184 Å². The summed E-state index contributed by atoms with van der Waals surface area (Å²) in [6.45, 7) is 0. The molecule has 0 bridgehead atoms. The van der Waals surface area contributed by atoms with Gasteiger partial charge in [0.2, 0.25) is 6.29 Å². The van der Waals surface area contributed by atoms with Gasteiger partial charge in [-0.05, 0) is 90.5 Å². The second kappa shape index (κ2) is 25.3. The maximum absolute atomic E-state index is 14.7. The molecule has 2 aliphatic rings. The first-order chi connectivity index (χ1) is 37.9. The number of benzene rings is 6. The number of ether oxygens (including phenoxy) is 2. The molecule has 6 aromatic rings. The molecule has 1 saturated carbocycles. The van der Waals surface area contributed by atoms with Crippen LogP contribution in [0.3, 0.4) is 0 Å². The molecule has 35 heteroatoms. The summed E-state index contributed by atoms with van der Waals surface area (Å²) >= 11 is 0. The Morgan fingerprint density at radius 1 is 0.395 bits per heavy atom. The van der Waals surface area contributed by atoms with Crippen LogP contribution >= 0.6 is 16.3 Å². The second-order valence-electron chi connectivity index (χ2n) is 18.4. The van der Waals surface area contributed by atoms with E-state index in [1.807, 2.05) is 0 Å². The summed E-state index contributed by atoms with van der Waals surface area (Å²) in [6, 6.07) is 7.10. The van der Waals surface area contributed by atoms with E-state index in [-0.39, 0.29) is 100.0 Å². The first-order valence-electron chi connectivity index (χ1n) is 22.9. The number of para-hydroxylation sites is 1. The van der Waals surface area contributed by atoms with Crippen LogP contribution in [-0.2, 0) is 84.3 Å². The molecule has 2 N–H and O–H groups in total. The monoisotopic (exact) mass is 1520 g/mol. The standard InChI is InChI=1S/C51H30F24O6P2.2ClH.Pt/c52-44(53,54)24-11-25(45(55,56)57)16-33(15-24)82(34-17-26(46(58,59)60)12-27(18-34)47(61,62)63)80-39-41(43(77)37(23-7-3-1-4-8-23)38(76)40(43)79-42(39)78-32-9-5-2-6-10-32)81-83(35-19-28(48(64,65)66)13-29(20-35)49(67,68)69)36-21-30(50(70,71)72)14-31(22-36)51(73,74)75;;;/h1-22,37-42,76-77H;2*1H;/q;;;+2/p-2/t37?,38?,39-,40-,41-,42-,43-;;;/m1.../s1. The molecule has 0 aromatic heterocycles. The fourth-order valence-corrected chi connectivity index (χ4v) is 13.1. The van der Waals surface area contributed by atoms with Gasteiger partial charge in [0.05, 0.1) is 66.9 Å². The fraction of sp³-hybridized carbons (Fsp3) is 0.294. The first-order valence-corrected chi connectivity index (χ1v) is 25.4. The molecule has 8 rings (SSSR count). The van der Waals surface area contributed by atoms with Gasteiger partial charge in [0.25, 0.3) is 0 Å². The molecule has 1 aliphatic carbocycles. The van der Waals surface area contributed by atoms with Crippen LogP contribution in [0.25, 0.3) is 0 Å². The van der Waals surface area contributed by atoms with Crippen molar-refractivity contribution in [3.8, 4) is 5.75 Å². The zero-order chi connectivity index (χ0) is 61.6. The molecule has 2 unspecified atom stereocenters. The van der Waals surface area contributed by atoms with Gasteiger partial charge in [0.1, 0.15) is 23.6 Å². The molecule has 1 aliphatic heterocycles. The van der Waals surface area contributed by atoms with E-state index < -0.39 is 204 Å². The van der Waals surface area contributed by atoms with Gasteiger partial charge in [-0.1, -0.05) is 48.5 Å². The van der Waals surface area contributed by atoms with Gasteiger partial charge in [-0.15, -0.1) is 0 Å². The number of aliphatic hydroxyl groups is 2. The number of hydrogen-bond acceptors (Lipinski definition) is 6. The number of fused-ring (bicyclic) bond motifs is 1. The van der Waals surface area contributed by atoms with Crippen molar-refractivity contribution in [3.63, 3.8) is 0 Å². The average molecular weight is 1520 g/mol. The van der Waals surface area contributed by atoms with Crippen LogP contribution < -0.4 is 50.8 Å². The maximum Gasteiger partial charge on any atom is 2.00 e. The van der Waals surface area contributed by atoms with Crippen LogP contribution in [0.4, 0.5) is 105 Å². The number of aliphatic hydroxyl groups excluding tert-OH is 1. The number of rotatable bonds is 11. The summed E-state index contributed by atoms with van der Waals surface area (Å²) < 4.78 is 376. The minimum Gasteiger partial charge on any atom is -1.00 e. The van der Waals surface area contributed by atoms with Crippen LogP contribution in [0.2, 0.25) is 0 Å². The molecule has 6 nitrogen and oxygen atoms in total. The van der Waals surface area contributed by atoms with E-state index in [4.69, 9.17) is 18.5 Å². The third-order valence-electron chi connectivity index (χ3n) is 12.7. The third kappa shape index (κ3) is 15.5. The number of alkyl halides is 24. The van der Waals surface area contributed by atoms with Crippen LogP contribution in [0, 0.1) is 0 Å². The Labute approximate surface area is 496 Å². The zero-order valence-corrected chi connectivity index (χ0v) is 46.8. The molecule has 6 aromatic carbocycles. The summed E-state index contributed by atoms with van der Waals surface area (Å²) in [5.41, 5.74) is -22.4. The largest absolute Gasteiger partial charge is 2.00 e. The molecular weight excluding hydrogens is 1490 g/mol. The normalized spacial score (nSPS) is 21.4. The molecule has 0 amide bonds. The van der Waals surface area contributed by atoms with Crippen molar-refractivity contribution >= 4 is 37.5 Å². The van der Waals surface area contributed by atoms with Crippen molar-refractivity contribution in [2.75, 3.05) is 0 Å². The van der Waals surface area contributed by atoms with Gasteiger partial charge >= 0.3 is 70.5 Å². The summed E-state index contributed by atoms with van der Waals surface area (Å²) in [4.78, 5) is 0. The Balaban J connectivity index is 0.00000450. The Kier molecular flexibility index (Phi) is 21.2. The molecule has 0 radical (unpaired) electrons. The summed E-state index contributed by atoms with van der Waals surface area (Å²) in [5, 5.41) is 18.5. The van der Waals surface area contributed by atoms with E-state index >= 15 is 0 Å². The zero-order valence-electron chi connectivity index (χ0n) is 41.2. The molecule has 1 heterocycles. The maximum atomic E-state index is 14.7. The molecule has 7 atom stereocenters. The van der Waals surface area contributed by atoms with E-state index in [0.29, 0.717) is 0 Å². The van der Waals surface area contributed by atoms with E-state index in [0.717, 1.165) is 36.4 Å². The van der Waals surface area contributed by atoms with E-state index in [2.05, 4.69) is 0 Å². The minimum atomic E-state index is -5.89. The van der Waals surface area contributed by atoms with Crippen molar-refractivity contribution in [1.29, 1.82) is 0 Å². The predicted octanol–water partition coefficient (Wildman–Crippen LogP) is 8.70. The summed E-state index contributed by atoms with van der Waals surface area (Å²) in [6.07, 6.45) is -60.8. The Hall–Kier alpha value is -4.63. The van der Waals surface area contributed by atoms with Crippen LogP contribution in [0.5, 0.6) is 5.75 Å². The van der Waals surface area contributed by atoms with Crippen molar-refractivity contribution in [2.24, 2.45) is 0 Å². The van der Waals surface area contributed by atoms with Gasteiger partial charge in [-0.2, -0.15) is 105 Å². The van der Waals surface area contributed by atoms with Gasteiger partial charge in [-0.25, -0.2) is 0 Å². The molecular formula is C51H30Cl2F24O6P2Pt. The summed E-state index contributed by atoms with van der Waals surface area (Å²) in [7, 11) is -8.80. The van der Waals surface area contributed by atoms with Gasteiger partial charge in [0, 0.05) is 27.1 Å². The summed E-state index contributed by atoms with van der Waals surface area (Å²) in [5.74, 6) is -2.65. The second-order valence-corrected chi connectivity index (χ2v) is 22.0. The first kappa shape index (κ1) is 72.1. The number of halogens is 26. The SMILES string of the molecule is OC1C(c2ccccc2)[C@@]2(O)[C@@H]1O[C@@H](Oc1ccccc1)[C@H](OP(c1cc(C(F)(F)F)cc(C(F)(F)F)c1)c1cc(C(F)(F)F)cc(C(F)(F)F)c1)[C@H]2OP(c1cc(C(F)(F)F)cc(C(F)(F)F)c1)c1cc(C(F)(F)F)cc(C(F)(F)F)c1.[Cl-].[Cl-].[Pt+2]. The minimum absolute atomic E-state index is 0. The number of hydrogen-bond donors (Lipinski definition) is 2. The van der Waals surface area contributed by atoms with Gasteiger partial charge in [0.15, 0.2) is 6.10 Å². The van der Waals surface area contributed by atoms with Crippen LogP contribution in [0.15, 0.2) is 133 Å². The van der Waals surface area contributed by atoms with Crippen molar-refractivity contribution in [2.45, 2.75) is 91.6 Å². The van der Waals surface area contributed by atoms with E-state index in [1.165, 1.54) is 24.3 Å². The van der Waals surface area contributed by atoms with E-state index in [1.54, 1.807) is 0 Å². The van der Waals surface area contributed by atoms with Crippen molar-refractivity contribution in [1.82, 2.24) is 0 Å². The Morgan fingerprint density at radius 2 is 0.663 bits per heavy atom. The Bertz CT molecular complexity index is 3050. The van der Waals surface area contributed by atoms with Crippen LogP contribution in [0.1, 0.15) is 56.0 Å². The molecule has 1 saturated heterocycles. The quantitative estimate of drug-likeness (QED) is 0.100. The van der Waals surface area contributed by atoms with Gasteiger partial charge in [-0.3, -0.25) is 0 Å². The Morgan fingerprint density at radius 3 is 0.942 bits per heavy atom. The van der Waals surface area contributed by atoms with E-state index in [9.17, 15) is 116 Å². The van der Waals surface area contributed by atoms with Crippen molar-refractivity contribution < 1.29 is 180 Å². The molecule has 86 heavy (non-hydrogen) atoms. The predicted molar refractivity (Wildman–Crippen MR) is 244 cm³/mol. The smallest absolute Gasteiger partial charge is 1.00 e. The molecule has 2 fully saturated rings. The van der Waals surface area contributed by atoms with Gasteiger partial charge < -0.3 is 53.5 Å². The van der Waals surface area contributed by atoms with Crippen LogP contribution in [-0.4, -0.2) is 46.5 Å². The topological polar surface area (TPSA) is 77.4 Å². The molecule has 472 valence electrons.